The molecule has 142 valence electrons. The van der Waals surface area contributed by atoms with Crippen LogP contribution in [-0.4, -0.2) is 21.6 Å². The van der Waals surface area contributed by atoms with E-state index in [1.165, 1.54) is 16.6 Å². The Labute approximate surface area is 170 Å². The molecule has 0 spiro atoms. The smallest absolute Gasteiger partial charge is 0.260 e. The molecule has 1 atom stereocenters. The molecule has 0 aliphatic heterocycles. The molecule has 6 nitrogen and oxygen atoms in total. The van der Waals surface area contributed by atoms with Gasteiger partial charge in [-0.15, -0.1) is 11.3 Å². The molecule has 8 heteroatoms. The first-order valence-corrected chi connectivity index (χ1v) is 10.8. The molecule has 2 N–H and O–H groups in total. The molecule has 0 saturated carbocycles. The summed E-state index contributed by atoms with van der Waals surface area (Å²) >= 11 is 2.77. The quantitative estimate of drug-likeness (QED) is 0.505. The SMILES string of the molecule is C[C@H]1CCc2c(sc3nc(SCC(=O)Nc4ccccc4C#N)[nH]c(=O)c23)C1. The number of amides is 1. The Morgan fingerprint density at radius 2 is 2.29 bits per heavy atom. The van der Waals surface area contributed by atoms with Gasteiger partial charge in [0.25, 0.3) is 5.56 Å². The number of rotatable bonds is 4. The molecule has 1 amide bonds. The fourth-order valence-electron chi connectivity index (χ4n) is 3.41. The highest BCUT2D eigenvalue weighted by Gasteiger charge is 2.23. The number of aromatic amines is 1. The van der Waals surface area contributed by atoms with E-state index in [2.05, 4.69) is 22.2 Å². The zero-order chi connectivity index (χ0) is 19.7. The van der Waals surface area contributed by atoms with Crippen LogP contribution in [0.5, 0.6) is 0 Å². The number of thiophene rings is 1. The van der Waals surface area contributed by atoms with E-state index in [9.17, 15) is 9.59 Å². The average Bonchev–Trinajstić information content (AvgIpc) is 3.04. The topological polar surface area (TPSA) is 98.6 Å². The molecule has 0 saturated heterocycles. The van der Waals surface area contributed by atoms with Crippen LogP contribution in [0, 0.1) is 17.2 Å². The van der Waals surface area contributed by atoms with Crippen LogP contribution in [0.3, 0.4) is 0 Å². The minimum atomic E-state index is -0.255. The van der Waals surface area contributed by atoms with E-state index < -0.39 is 0 Å². The van der Waals surface area contributed by atoms with Crippen molar-refractivity contribution in [2.45, 2.75) is 31.3 Å². The first kappa shape index (κ1) is 18.7. The third-order valence-electron chi connectivity index (χ3n) is 4.81. The second-order valence-corrected chi connectivity index (χ2v) is 8.94. The largest absolute Gasteiger partial charge is 0.324 e. The highest BCUT2D eigenvalue weighted by molar-refractivity contribution is 7.99. The number of para-hydroxylation sites is 1. The van der Waals surface area contributed by atoms with Crippen molar-refractivity contribution in [3.05, 3.63) is 50.6 Å². The van der Waals surface area contributed by atoms with Crippen LogP contribution in [0.4, 0.5) is 5.69 Å². The second-order valence-electron chi connectivity index (χ2n) is 6.90. The summed E-state index contributed by atoms with van der Waals surface area (Å²) in [6, 6.07) is 8.89. The maximum absolute atomic E-state index is 12.6. The lowest BCUT2D eigenvalue weighted by molar-refractivity contribution is -0.113. The summed E-state index contributed by atoms with van der Waals surface area (Å²) in [4.78, 5) is 34.2. The molecule has 0 radical (unpaired) electrons. The van der Waals surface area contributed by atoms with Crippen LogP contribution in [0.1, 0.15) is 29.3 Å². The molecule has 4 rings (SSSR count). The molecule has 0 fully saturated rings. The molecule has 1 aliphatic rings. The van der Waals surface area contributed by atoms with Gasteiger partial charge in [0.2, 0.25) is 5.91 Å². The Morgan fingerprint density at radius 3 is 3.11 bits per heavy atom. The normalized spacial score (nSPS) is 15.8. The molecule has 3 aromatic rings. The average molecular weight is 411 g/mol. The first-order chi connectivity index (χ1) is 13.5. The van der Waals surface area contributed by atoms with E-state index in [4.69, 9.17) is 5.26 Å². The molecule has 2 aromatic heterocycles. The van der Waals surface area contributed by atoms with Crippen molar-refractivity contribution < 1.29 is 4.79 Å². The minimum absolute atomic E-state index is 0.0936. The highest BCUT2D eigenvalue weighted by Crippen LogP contribution is 2.36. The van der Waals surface area contributed by atoms with E-state index in [1.807, 2.05) is 6.07 Å². The number of hydrogen-bond acceptors (Lipinski definition) is 6. The number of H-pyrrole nitrogens is 1. The Balaban J connectivity index is 1.50. The highest BCUT2D eigenvalue weighted by atomic mass is 32.2. The molecular weight excluding hydrogens is 392 g/mol. The van der Waals surface area contributed by atoms with Gasteiger partial charge in [-0.3, -0.25) is 9.59 Å². The van der Waals surface area contributed by atoms with Crippen LogP contribution in [0.15, 0.2) is 34.2 Å². The van der Waals surface area contributed by atoms with Crippen LogP contribution in [-0.2, 0) is 17.6 Å². The standard InChI is InChI=1S/C20H18N4O2S2/c1-11-6-7-13-15(8-11)28-19-17(13)18(26)23-20(24-19)27-10-16(25)22-14-5-3-2-4-12(14)9-21/h2-5,11H,6-8,10H2,1H3,(H,22,25)(H,23,24,26)/t11-/m0/s1. The number of aryl methyl sites for hydroxylation is 1. The van der Waals surface area contributed by atoms with Gasteiger partial charge in [-0.1, -0.05) is 30.8 Å². The molecule has 0 unspecified atom stereocenters. The fourth-order valence-corrected chi connectivity index (χ4v) is 5.51. The molecular formula is C20H18N4O2S2. The van der Waals surface area contributed by atoms with E-state index in [0.29, 0.717) is 27.7 Å². The summed E-state index contributed by atoms with van der Waals surface area (Å²) in [6.45, 7) is 2.23. The van der Waals surface area contributed by atoms with E-state index in [-0.39, 0.29) is 17.2 Å². The summed E-state index contributed by atoms with van der Waals surface area (Å²) in [5.41, 5.74) is 1.91. The maximum atomic E-state index is 12.6. The zero-order valence-corrected chi connectivity index (χ0v) is 16.9. The van der Waals surface area contributed by atoms with Crippen molar-refractivity contribution in [3.8, 4) is 6.07 Å². The summed E-state index contributed by atoms with van der Waals surface area (Å²) < 4.78 is 0. The van der Waals surface area contributed by atoms with Crippen molar-refractivity contribution in [1.29, 1.82) is 5.26 Å². The van der Waals surface area contributed by atoms with E-state index in [1.54, 1.807) is 35.6 Å². The first-order valence-electron chi connectivity index (χ1n) is 9.01. The number of carbonyl (C=O) groups is 1. The lowest BCUT2D eigenvalue weighted by Crippen LogP contribution is -2.16. The van der Waals surface area contributed by atoms with Gasteiger partial charge in [-0.25, -0.2) is 4.98 Å². The summed E-state index contributed by atoms with van der Waals surface area (Å²) in [5.74, 6) is 0.472. The monoisotopic (exact) mass is 410 g/mol. The van der Waals surface area contributed by atoms with Crippen LogP contribution < -0.4 is 10.9 Å². The van der Waals surface area contributed by atoms with Crippen molar-refractivity contribution in [2.24, 2.45) is 5.92 Å². The number of anilines is 1. The Kier molecular flexibility index (Phi) is 5.20. The number of fused-ring (bicyclic) bond motifs is 3. The Morgan fingerprint density at radius 1 is 1.46 bits per heavy atom. The van der Waals surface area contributed by atoms with Crippen LogP contribution >= 0.6 is 23.1 Å². The van der Waals surface area contributed by atoms with Crippen molar-refractivity contribution in [3.63, 3.8) is 0 Å². The Bertz CT molecular complexity index is 1160. The minimum Gasteiger partial charge on any atom is -0.324 e. The third kappa shape index (κ3) is 3.68. The van der Waals surface area contributed by atoms with Gasteiger partial charge in [-0.2, -0.15) is 5.26 Å². The lowest BCUT2D eigenvalue weighted by Gasteiger charge is -2.17. The van der Waals surface area contributed by atoms with Crippen LogP contribution in [0.25, 0.3) is 10.2 Å². The molecule has 1 aliphatic carbocycles. The number of aromatic nitrogens is 2. The van der Waals surface area contributed by atoms with Gasteiger partial charge in [0.15, 0.2) is 5.16 Å². The summed E-state index contributed by atoms with van der Waals surface area (Å²) in [7, 11) is 0. The van der Waals surface area contributed by atoms with Gasteiger partial charge in [0.05, 0.1) is 22.4 Å². The van der Waals surface area contributed by atoms with Gasteiger partial charge in [0, 0.05) is 4.88 Å². The predicted octanol–water partition coefficient (Wildman–Crippen LogP) is 3.71. The maximum Gasteiger partial charge on any atom is 0.260 e. The second kappa shape index (κ2) is 7.78. The number of carbonyl (C=O) groups excluding carboxylic acids is 1. The van der Waals surface area contributed by atoms with Gasteiger partial charge in [0.1, 0.15) is 10.9 Å². The Hall–Kier alpha value is -2.63. The number of nitriles is 1. The molecule has 28 heavy (non-hydrogen) atoms. The number of nitrogens with one attached hydrogen (secondary N) is 2. The summed E-state index contributed by atoms with van der Waals surface area (Å²) in [5, 5.41) is 13.0. The summed E-state index contributed by atoms with van der Waals surface area (Å²) in [6.07, 6.45) is 3.02. The molecule has 0 bridgehead atoms. The molecule has 1 aromatic carbocycles. The van der Waals surface area contributed by atoms with Crippen molar-refractivity contribution in [1.82, 2.24) is 9.97 Å². The van der Waals surface area contributed by atoms with Gasteiger partial charge >= 0.3 is 0 Å². The van der Waals surface area contributed by atoms with Crippen molar-refractivity contribution >= 4 is 44.9 Å². The third-order valence-corrected chi connectivity index (χ3v) is 6.83. The molecule has 2 heterocycles. The predicted molar refractivity (Wildman–Crippen MR) is 112 cm³/mol. The number of nitrogens with zero attached hydrogens (tertiary/aromatic N) is 2. The van der Waals surface area contributed by atoms with Gasteiger partial charge < -0.3 is 10.3 Å². The van der Waals surface area contributed by atoms with E-state index in [0.717, 1.165) is 29.7 Å². The lowest BCUT2D eigenvalue weighted by atomic mass is 9.89. The number of benzene rings is 1. The fraction of sp³-hybridized carbons (Fsp3) is 0.300. The number of hydrogen-bond donors (Lipinski definition) is 2. The van der Waals surface area contributed by atoms with Crippen LogP contribution in [0.2, 0.25) is 0 Å². The van der Waals surface area contributed by atoms with E-state index >= 15 is 0 Å². The zero-order valence-electron chi connectivity index (χ0n) is 15.2. The number of thioether (sulfide) groups is 1. The van der Waals surface area contributed by atoms with Gasteiger partial charge in [-0.05, 0) is 42.9 Å². The van der Waals surface area contributed by atoms with Crippen molar-refractivity contribution in [2.75, 3.05) is 11.1 Å².